The Kier molecular flexibility index (Phi) is 36.2. The molecule has 2 N–H and O–H groups in total. The average molecular weight is 985 g/mol. The molecule has 0 saturated heterocycles. The van der Waals surface area contributed by atoms with Crippen molar-refractivity contribution in [1.82, 2.24) is 5.32 Å². The number of phosphoric acid groups is 1. The number of ether oxygens (including phenoxy) is 2. The number of hydrogen-bond acceptors (Lipinski definition) is 10. The molecule has 0 fully saturated rings. The van der Waals surface area contributed by atoms with Crippen molar-refractivity contribution in [2.24, 2.45) is 0 Å². The third-order valence-corrected chi connectivity index (χ3v) is 13.0. The Bertz CT molecular complexity index is 1680. The van der Waals surface area contributed by atoms with Gasteiger partial charge in [-0.2, -0.15) is 0 Å². The second-order valence-electron chi connectivity index (χ2n) is 18.3. The number of nitrogens with zero attached hydrogens (tertiary/aromatic N) is 1. The summed E-state index contributed by atoms with van der Waals surface area (Å²) in [4.78, 5) is 73.2. The molecule has 1 aliphatic rings. The van der Waals surface area contributed by atoms with Crippen LogP contribution in [0.3, 0.4) is 0 Å². The number of allylic oxidation sites excluding steroid dienone is 4. The molecule has 0 radical (unpaired) electrons. The minimum Gasteiger partial charge on any atom is -0.462 e. The van der Waals surface area contributed by atoms with Gasteiger partial charge in [-0.25, -0.2) is 9.46 Å². The summed E-state index contributed by atoms with van der Waals surface area (Å²) in [5, 5.41) is 2.65. The molecule has 2 rings (SSSR count). The first-order valence-electron chi connectivity index (χ1n) is 26.7. The molecule has 390 valence electrons. The number of hydrogen-bond donors (Lipinski definition) is 2. The summed E-state index contributed by atoms with van der Waals surface area (Å²) in [6, 6.07) is 6.97. The highest BCUT2D eigenvalue weighted by Gasteiger charge is 2.27. The van der Waals surface area contributed by atoms with Crippen molar-refractivity contribution in [2.45, 2.75) is 219 Å². The lowest BCUT2D eigenvalue weighted by Gasteiger charge is -2.20. The highest BCUT2D eigenvalue weighted by Crippen LogP contribution is 2.43. The quantitative estimate of drug-likeness (QED) is 0.0209. The second-order valence-corrected chi connectivity index (χ2v) is 19.7. The van der Waals surface area contributed by atoms with Crippen molar-refractivity contribution in [3.05, 3.63) is 66.3 Å². The third-order valence-electron chi connectivity index (χ3n) is 12.0. The maximum atomic E-state index is 12.8. The lowest BCUT2D eigenvalue weighted by Crippen LogP contribution is -2.30. The molecule has 69 heavy (non-hydrogen) atoms. The highest BCUT2D eigenvalue weighted by atomic mass is 31.2. The number of aryl methyl sites for hydroxylation is 1. The molecule has 0 aliphatic carbocycles. The molecule has 1 aromatic rings. The predicted molar refractivity (Wildman–Crippen MR) is 275 cm³/mol. The predicted octanol–water partition coefficient (Wildman–Crippen LogP) is 13.2. The molecule has 3 amide bonds. The number of carbonyl (C=O) groups excluding carboxylic acids is 5. The van der Waals surface area contributed by atoms with Crippen molar-refractivity contribution >= 4 is 43.2 Å². The standard InChI is InChI=1S/C55H89N2O11P/c1-3-5-7-9-11-13-15-17-19-21-23-25-27-29-31-36-54(61)65-46-50(68-55(62)37-32-30-28-26-24-22-20-18-16-14-12-10-8-6-4-2)47-67-69(63,64)66-45-44-56-51(58)35-33-34-48-38-40-49(41-39-48)57-52(59)42-43-53(57)60/h17-20,38-43,50H,3-16,21-37,44-47H2,1-2H3,(H,56,58)(H,63,64)/b19-17-,20-18-/t50-/m1/s1. The number of imide groups is 1. The van der Waals surface area contributed by atoms with Crippen LogP contribution in [0.5, 0.6) is 0 Å². The van der Waals surface area contributed by atoms with E-state index < -0.39 is 32.5 Å². The van der Waals surface area contributed by atoms with Crippen molar-refractivity contribution in [2.75, 3.05) is 31.3 Å². The van der Waals surface area contributed by atoms with Gasteiger partial charge >= 0.3 is 19.8 Å². The van der Waals surface area contributed by atoms with E-state index in [0.717, 1.165) is 87.5 Å². The molecule has 13 nitrogen and oxygen atoms in total. The molecule has 1 unspecified atom stereocenters. The Labute approximate surface area is 415 Å². The number of esters is 2. The number of amides is 3. The Morgan fingerprint density at radius 1 is 0.594 bits per heavy atom. The van der Waals surface area contributed by atoms with Crippen LogP contribution in [-0.4, -0.2) is 67.0 Å². The zero-order valence-electron chi connectivity index (χ0n) is 42.5. The summed E-state index contributed by atoms with van der Waals surface area (Å²) >= 11 is 0. The van der Waals surface area contributed by atoms with Crippen LogP contribution in [0.25, 0.3) is 0 Å². The number of phosphoric ester groups is 1. The molecule has 1 heterocycles. The van der Waals surface area contributed by atoms with Crippen molar-refractivity contribution in [3.8, 4) is 0 Å². The summed E-state index contributed by atoms with van der Waals surface area (Å²) in [6.45, 7) is 3.27. The van der Waals surface area contributed by atoms with Gasteiger partial charge in [-0.15, -0.1) is 0 Å². The Balaban J connectivity index is 1.69. The summed E-state index contributed by atoms with van der Waals surface area (Å²) in [5.41, 5.74) is 1.41. The van der Waals surface area contributed by atoms with Crippen molar-refractivity contribution < 1.29 is 52.0 Å². The Hall–Kier alpha value is -3.90. The Morgan fingerprint density at radius 2 is 1.06 bits per heavy atom. The van der Waals surface area contributed by atoms with E-state index in [1.54, 1.807) is 24.3 Å². The first-order valence-corrected chi connectivity index (χ1v) is 28.2. The first kappa shape index (κ1) is 61.2. The van der Waals surface area contributed by atoms with Crippen LogP contribution in [0.1, 0.15) is 212 Å². The van der Waals surface area contributed by atoms with Crippen LogP contribution in [0.4, 0.5) is 5.69 Å². The van der Waals surface area contributed by atoms with Crippen molar-refractivity contribution in [1.29, 1.82) is 0 Å². The number of nitrogens with one attached hydrogen (secondary N) is 1. The monoisotopic (exact) mass is 985 g/mol. The minimum atomic E-state index is -4.62. The molecule has 0 aromatic heterocycles. The van der Waals surface area contributed by atoms with E-state index >= 15 is 0 Å². The summed E-state index contributed by atoms with van der Waals surface area (Å²) in [5.74, 6) is -1.99. The number of unbranched alkanes of at least 4 members (excludes halogenated alkanes) is 22. The van der Waals surface area contributed by atoms with Gasteiger partial charge in [0, 0.05) is 38.0 Å². The van der Waals surface area contributed by atoms with E-state index in [1.807, 2.05) is 0 Å². The van der Waals surface area contributed by atoms with Crippen LogP contribution in [0, 0.1) is 0 Å². The fraction of sp³-hybridized carbons (Fsp3) is 0.691. The summed E-state index contributed by atoms with van der Waals surface area (Å²) in [7, 11) is -4.62. The van der Waals surface area contributed by atoms with Gasteiger partial charge in [0.05, 0.1) is 18.9 Å². The van der Waals surface area contributed by atoms with Gasteiger partial charge in [-0.3, -0.25) is 33.0 Å². The van der Waals surface area contributed by atoms with Gasteiger partial charge in [0.1, 0.15) is 6.61 Å². The summed E-state index contributed by atoms with van der Waals surface area (Å²) < 4.78 is 34.0. The normalized spacial score (nSPS) is 14.0. The minimum absolute atomic E-state index is 0.0459. The molecule has 1 aromatic carbocycles. The number of carbonyl (C=O) groups is 5. The van der Waals surface area contributed by atoms with Gasteiger partial charge in [0.25, 0.3) is 11.8 Å². The molecule has 0 saturated carbocycles. The second kappa shape index (κ2) is 40.8. The largest absolute Gasteiger partial charge is 0.472 e. The van der Waals surface area contributed by atoms with Crippen molar-refractivity contribution in [3.63, 3.8) is 0 Å². The van der Waals surface area contributed by atoms with E-state index in [-0.39, 0.29) is 56.7 Å². The maximum absolute atomic E-state index is 12.8. The molecule has 14 heteroatoms. The molecule has 0 spiro atoms. The fourth-order valence-electron chi connectivity index (χ4n) is 7.87. The van der Waals surface area contributed by atoms with Crippen LogP contribution in [0.15, 0.2) is 60.7 Å². The van der Waals surface area contributed by atoms with E-state index in [0.29, 0.717) is 31.4 Å². The van der Waals surface area contributed by atoms with Gasteiger partial charge in [0.15, 0.2) is 6.10 Å². The molecular formula is C55H89N2O11P. The Morgan fingerprint density at radius 3 is 1.57 bits per heavy atom. The van der Waals surface area contributed by atoms with Gasteiger partial charge in [-0.1, -0.05) is 153 Å². The molecular weight excluding hydrogens is 896 g/mol. The SMILES string of the molecule is CCCCCCCC/C=C\CCCCCCCC(=O)OC[C@H](COP(=O)(O)OCCNC(=O)CCCc1ccc(N2C(=O)C=CC2=O)cc1)OC(=O)CCCCCCC/C=C\CCCCCCCC. The first-order chi connectivity index (χ1) is 33.5. The lowest BCUT2D eigenvalue weighted by molar-refractivity contribution is -0.161. The smallest absolute Gasteiger partial charge is 0.462 e. The third kappa shape index (κ3) is 33.3. The van der Waals surface area contributed by atoms with Crippen LogP contribution >= 0.6 is 7.82 Å². The summed E-state index contributed by atoms with van der Waals surface area (Å²) in [6.07, 6.45) is 41.9. The van der Waals surface area contributed by atoms with Crippen LogP contribution in [0.2, 0.25) is 0 Å². The number of rotatable bonds is 45. The fourth-order valence-corrected chi connectivity index (χ4v) is 8.62. The molecule has 2 atom stereocenters. The average Bonchev–Trinajstić information content (AvgIpc) is 3.67. The topological polar surface area (TPSA) is 175 Å². The van der Waals surface area contributed by atoms with Crippen LogP contribution < -0.4 is 10.2 Å². The van der Waals surface area contributed by atoms with E-state index in [9.17, 15) is 33.4 Å². The number of anilines is 1. The zero-order chi connectivity index (χ0) is 50.1. The highest BCUT2D eigenvalue weighted by molar-refractivity contribution is 7.47. The zero-order valence-corrected chi connectivity index (χ0v) is 43.4. The van der Waals surface area contributed by atoms with Gasteiger partial charge in [0.2, 0.25) is 5.91 Å². The van der Waals surface area contributed by atoms with Crippen LogP contribution in [-0.2, 0) is 53.5 Å². The van der Waals surface area contributed by atoms with E-state index in [2.05, 4.69) is 43.5 Å². The maximum Gasteiger partial charge on any atom is 0.472 e. The number of benzene rings is 1. The van der Waals surface area contributed by atoms with E-state index in [4.69, 9.17) is 18.5 Å². The molecule has 1 aliphatic heterocycles. The van der Waals surface area contributed by atoms with Gasteiger partial charge < -0.3 is 19.7 Å². The lowest BCUT2D eigenvalue weighted by atomic mass is 10.1. The van der Waals surface area contributed by atoms with E-state index in [1.165, 1.54) is 89.2 Å². The van der Waals surface area contributed by atoms with Gasteiger partial charge in [-0.05, 0) is 94.7 Å². The molecule has 0 bridgehead atoms.